The molecule has 19 heavy (non-hydrogen) atoms. The van der Waals surface area contributed by atoms with Crippen LogP contribution in [0.2, 0.25) is 0 Å². The molecule has 0 radical (unpaired) electrons. The number of rotatable bonds is 8. The second kappa shape index (κ2) is 8.69. The van der Waals surface area contributed by atoms with Crippen molar-refractivity contribution in [1.82, 2.24) is 4.90 Å². The summed E-state index contributed by atoms with van der Waals surface area (Å²) in [4.78, 5) is 25.2. The first-order chi connectivity index (χ1) is 9.17. The highest BCUT2D eigenvalue weighted by Crippen LogP contribution is 2.21. The topological polar surface area (TPSA) is 55.8 Å². The fraction of sp³-hybridized carbons (Fsp3) is 0.714. The molecule has 0 aromatic heterocycles. The van der Waals surface area contributed by atoms with E-state index in [1.165, 1.54) is 4.90 Å². The predicted molar refractivity (Wildman–Crippen MR) is 71.6 cm³/mol. The molecule has 0 aromatic carbocycles. The summed E-state index contributed by atoms with van der Waals surface area (Å²) >= 11 is 0. The summed E-state index contributed by atoms with van der Waals surface area (Å²) in [5.74, 6) is -0.0738. The Balaban J connectivity index is 2.48. The quantitative estimate of drug-likeness (QED) is 0.493. The molecule has 1 atom stereocenters. The number of hydrogen-bond donors (Lipinski definition) is 0. The van der Waals surface area contributed by atoms with Crippen molar-refractivity contribution in [2.24, 2.45) is 5.92 Å². The van der Waals surface area contributed by atoms with Gasteiger partial charge in [0.1, 0.15) is 6.54 Å². The summed E-state index contributed by atoms with van der Waals surface area (Å²) in [5.41, 5.74) is 0. The van der Waals surface area contributed by atoms with E-state index in [0.29, 0.717) is 32.1 Å². The lowest BCUT2D eigenvalue weighted by Gasteiger charge is -2.22. The number of esters is 1. The molecule has 0 saturated heterocycles. The minimum Gasteiger partial charge on any atom is -0.465 e. The van der Waals surface area contributed by atoms with Gasteiger partial charge in [0.15, 0.2) is 0 Å². The van der Waals surface area contributed by atoms with Crippen LogP contribution in [0.4, 0.5) is 0 Å². The van der Waals surface area contributed by atoms with Crippen LogP contribution in [0.25, 0.3) is 0 Å². The van der Waals surface area contributed by atoms with Crippen LogP contribution in [-0.4, -0.2) is 50.2 Å². The largest absolute Gasteiger partial charge is 0.465 e. The molecule has 1 unspecified atom stereocenters. The zero-order valence-electron chi connectivity index (χ0n) is 11.8. The third kappa shape index (κ3) is 5.87. The SMILES string of the molecule is CCOC(=O)CN(CCOC)C(=O)CC1C=CCC1. The first kappa shape index (κ1) is 15.7. The van der Waals surface area contributed by atoms with E-state index in [-0.39, 0.29) is 18.4 Å². The van der Waals surface area contributed by atoms with E-state index < -0.39 is 0 Å². The maximum absolute atomic E-state index is 12.2. The Morgan fingerprint density at radius 3 is 2.79 bits per heavy atom. The maximum Gasteiger partial charge on any atom is 0.325 e. The highest BCUT2D eigenvalue weighted by atomic mass is 16.5. The Bertz CT molecular complexity index is 327. The molecule has 5 heteroatoms. The van der Waals surface area contributed by atoms with Gasteiger partial charge in [0.05, 0.1) is 13.2 Å². The lowest BCUT2D eigenvalue weighted by Crippen LogP contribution is -2.39. The Hall–Kier alpha value is -1.36. The van der Waals surface area contributed by atoms with Crippen LogP contribution < -0.4 is 0 Å². The molecular formula is C14H23NO4. The molecule has 0 N–H and O–H groups in total. The number of carbonyl (C=O) groups is 2. The molecule has 0 saturated carbocycles. The molecule has 0 spiro atoms. The smallest absolute Gasteiger partial charge is 0.325 e. The first-order valence-corrected chi connectivity index (χ1v) is 6.76. The van der Waals surface area contributed by atoms with Crippen molar-refractivity contribution >= 4 is 11.9 Å². The van der Waals surface area contributed by atoms with E-state index in [2.05, 4.69) is 12.2 Å². The van der Waals surface area contributed by atoms with E-state index in [1.54, 1.807) is 14.0 Å². The number of ether oxygens (including phenoxy) is 2. The third-order valence-corrected chi connectivity index (χ3v) is 3.09. The molecule has 0 aromatic rings. The molecule has 1 aliphatic rings. The second-order valence-corrected chi connectivity index (χ2v) is 4.58. The van der Waals surface area contributed by atoms with Gasteiger partial charge >= 0.3 is 5.97 Å². The van der Waals surface area contributed by atoms with Crippen molar-refractivity contribution in [3.8, 4) is 0 Å². The first-order valence-electron chi connectivity index (χ1n) is 6.76. The highest BCUT2D eigenvalue weighted by molar-refractivity contribution is 5.82. The van der Waals surface area contributed by atoms with Crippen LogP contribution in [-0.2, 0) is 19.1 Å². The molecule has 5 nitrogen and oxygen atoms in total. The van der Waals surface area contributed by atoms with Crippen LogP contribution in [0.3, 0.4) is 0 Å². The van der Waals surface area contributed by atoms with Gasteiger partial charge in [-0.05, 0) is 25.7 Å². The fourth-order valence-corrected chi connectivity index (χ4v) is 2.07. The summed E-state index contributed by atoms with van der Waals surface area (Å²) in [6.07, 6.45) is 6.69. The Labute approximate surface area is 114 Å². The molecule has 1 rings (SSSR count). The monoisotopic (exact) mass is 269 g/mol. The van der Waals surface area contributed by atoms with Gasteiger partial charge < -0.3 is 14.4 Å². The zero-order chi connectivity index (χ0) is 14.1. The van der Waals surface area contributed by atoms with Gasteiger partial charge in [0.25, 0.3) is 0 Å². The Kier molecular flexibility index (Phi) is 7.18. The maximum atomic E-state index is 12.2. The average Bonchev–Trinajstić information content (AvgIpc) is 2.87. The molecule has 0 heterocycles. The van der Waals surface area contributed by atoms with E-state index in [0.717, 1.165) is 12.8 Å². The van der Waals surface area contributed by atoms with Gasteiger partial charge in [-0.1, -0.05) is 12.2 Å². The van der Waals surface area contributed by atoms with Crippen LogP contribution in [0, 0.1) is 5.92 Å². The molecule has 1 amide bonds. The fourth-order valence-electron chi connectivity index (χ4n) is 2.07. The number of nitrogens with zero attached hydrogens (tertiary/aromatic N) is 1. The number of hydrogen-bond acceptors (Lipinski definition) is 4. The van der Waals surface area contributed by atoms with Gasteiger partial charge in [-0.3, -0.25) is 9.59 Å². The lowest BCUT2D eigenvalue weighted by molar-refractivity contribution is -0.149. The number of methoxy groups -OCH3 is 1. The van der Waals surface area contributed by atoms with Crippen molar-refractivity contribution in [2.45, 2.75) is 26.2 Å². The van der Waals surface area contributed by atoms with E-state index in [4.69, 9.17) is 9.47 Å². The summed E-state index contributed by atoms with van der Waals surface area (Å²) < 4.78 is 9.86. The number of amides is 1. The minimum absolute atomic E-state index is 0.00642. The normalized spacial score (nSPS) is 17.5. The molecule has 0 fully saturated rings. The Morgan fingerprint density at radius 1 is 1.42 bits per heavy atom. The minimum atomic E-state index is -0.367. The average molecular weight is 269 g/mol. The van der Waals surface area contributed by atoms with Crippen molar-refractivity contribution < 1.29 is 19.1 Å². The molecule has 0 bridgehead atoms. The van der Waals surface area contributed by atoms with E-state index in [1.807, 2.05) is 0 Å². The summed E-state index contributed by atoms with van der Waals surface area (Å²) in [6.45, 7) is 2.93. The van der Waals surface area contributed by atoms with Crippen LogP contribution in [0.5, 0.6) is 0 Å². The van der Waals surface area contributed by atoms with E-state index >= 15 is 0 Å². The zero-order valence-corrected chi connectivity index (χ0v) is 11.8. The van der Waals surface area contributed by atoms with Crippen LogP contribution in [0.1, 0.15) is 26.2 Å². The van der Waals surface area contributed by atoms with Gasteiger partial charge in [-0.25, -0.2) is 0 Å². The predicted octanol–water partition coefficient (Wildman–Crippen LogP) is 1.38. The number of carbonyl (C=O) groups excluding carboxylic acids is 2. The standard InChI is InChI=1S/C14H23NO4/c1-3-19-14(17)11-15(8-9-18-2)13(16)10-12-6-4-5-7-12/h4,6,12H,3,5,7-11H2,1-2H3. The van der Waals surface area contributed by atoms with Gasteiger partial charge in [-0.15, -0.1) is 0 Å². The van der Waals surface area contributed by atoms with Gasteiger partial charge in [0.2, 0.25) is 5.91 Å². The van der Waals surface area contributed by atoms with Crippen LogP contribution >= 0.6 is 0 Å². The van der Waals surface area contributed by atoms with Crippen molar-refractivity contribution in [3.63, 3.8) is 0 Å². The molecule has 0 aliphatic heterocycles. The molecular weight excluding hydrogens is 246 g/mol. The summed E-state index contributed by atoms with van der Waals surface area (Å²) in [7, 11) is 1.58. The molecule has 108 valence electrons. The molecule has 1 aliphatic carbocycles. The Morgan fingerprint density at radius 2 is 2.21 bits per heavy atom. The van der Waals surface area contributed by atoms with E-state index in [9.17, 15) is 9.59 Å². The van der Waals surface area contributed by atoms with Crippen molar-refractivity contribution in [1.29, 1.82) is 0 Å². The summed E-state index contributed by atoms with van der Waals surface area (Å²) in [5, 5.41) is 0. The van der Waals surface area contributed by atoms with Crippen molar-refractivity contribution in [2.75, 3.05) is 33.4 Å². The van der Waals surface area contributed by atoms with Gasteiger partial charge in [-0.2, -0.15) is 0 Å². The van der Waals surface area contributed by atoms with Crippen molar-refractivity contribution in [3.05, 3.63) is 12.2 Å². The van der Waals surface area contributed by atoms with Crippen LogP contribution in [0.15, 0.2) is 12.2 Å². The second-order valence-electron chi connectivity index (χ2n) is 4.58. The summed E-state index contributed by atoms with van der Waals surface area (Å²) in [6, 6.07) is 0. The van der Waals surface area contributed by atoms with Gasteiger partial charge in [0, 0.05) is 20.1 Å². The number of allylic oxidation sites excluding steroid dienone is 2. The lowest BCUT2D eigenvalue weighted by atomic mass is 10.0. The highest BCUT2D eigenvalue weighted by Gasteiger charge is 2.21. The third-order valence-electron chi connectivity index (χ3n) is 3.09.